The summed E-state index contributed by atoms with van der Waals surface area (Å²) in [4.78, 5) is 21.6. The number of imidazole rings is 1. The van der Waals surface area contributed by atoms with Crippen LogP contribution in [0.4, 0.5) is 0 Å². The van der Waals surface area contributed by atoms with E-state index in [1.54, 1.807) is 23.9 Å². The summed E-state index contributed by atoms with van der Waals surface area (Å²) in [5.41, 5.74) is 2.84. The molecule has 0 saturated heterocycles. The lowest BCUT2D eigenvalue weighted by Gasteiger charge is -2.26. The van der Waals surface area contributed by atoms with Crippen molar-refractivity contribution < 1.29 is 5.11 Å². The zero-order chi connectivity index (χ0) is 16.1. The van der Waals surface area contributed by atoms with E-state index in [-0.39, 0.29) is 17.8 Å². The van der Waals surface area contributed by atoms with E-state index in [2.05, 4.69) is 9.97 Å². The first-order chi connectivity index (χ1) is 11.1. The topological polar surface area (TPSA) is 72.9 Å². The van der Waals surface area contributed by atoms with Crippen molar-refractivity contribution in [2.75, 3.05) is 0 Å². The zero-order valence-electron chi connectivity index (χ0n) is 12.7. The fourth-order valence-corrected chi connectivity index (χ4v) is 3.67. The maximum Gasteiger partial charge on any atom is 0.329 e. The van der Waals surface area contributed by atoms with Gasteiger partial charge in [0, 0.05) is 13.1 Å². The molecule has 1 aliphatic carbocycles. The first-order valence-corrected chi connectivity index (χ1v) is 8.14. The van der Waals surface area contributed by atoms with Crippen LogP contribution in [0.25, 0.3) is 22.1 Å². The van der Waals surface area contributed by atoms with Crippen LogP contribution in [0.5, 0.6) is 0 Å². The highest BCUT2D eigenvalue weighted by atomic mass is 35.5. The van der Waals surface area contributed by atoms with Crippen molar-refractivity contribution in [3.05, 3.63) is 34.0 Å². The highest BCUT2D eigenvalue weighted by molar-refractivity contribution is 6.30. The first-order valence-electron chi connectivity index (χ1n) is 7.76. The fourth-order valence-electron chi connectivity index (χ4n) is 3.52. The Morgan fingerprint density at radius 3 is 2.74 bits per heavy atom. The maximum absolute atomic E-state index is 12.8. The number of aliphatic hydroxyl groups is 1. The Morgan fingerprint density at radius 2 is 2.00 bits per heavy atom. The summed E-state index contributed by atoms with van der Waals surface area (Å²) >= 11 is 6.06. The largest absolute Gasteiger partial charge is 0.393 e. The predicted molar refractivity (Wildman–Crippen MR) is 88.8 cm³/mol. The number of fused-ring (bicyclic) bond motifs is 3. The maximum atomic E-state index is 12.8. The molecular formula is C16H17ClN4O2. The molecule has 120 valence electrons. The molecule has 23 heavy (non-hydrogen) atoms. The molecule has 0 bridgehead atoms. The molecule has 1 saturated carbocycles. The molecule has 6 nitrogen and oxygen atoms in total. The van der Waals surface area contributed by atoms with Gasteiger partial charge in [-0.05, 0) is 37.8 Å². The second-order valence-corrected chi connectivity index (χ2v) is 6.55. The Kier molecular flexibility index (Phi) is 3.39. The molecule has 3 aromatic rings. The zero-order valence-corrected chi connectivity index (χ0v) is 13.5. The number of aromatic nitrogens is 4. The number of hydrogen-bond donors (Lipinski definition) is 1. The van der Waals surface area contributed by atoms with Crippen molar-refractivity contribution in [2.45, 2.75) is 37.8 Å². The molecule has 1 N–H and O–H groups in total. The molecule has 0 aromatic carbocycles. The molecule has 0 spiro atoms. The summed E-state index contributed by atoms with van der Waals surface area (Å²) in [6.45, 7) is 0. The number of hydrogen-bond acceptors (Lipinski definition) is 4. The van der Waals surface area contributed by atoms with Gasteiger partial charge in [0.1, 0.15) is 10.7 Å². The van der Waals surface area contributed by atoms with Crippen LogP contribution in [0.3, 0.4) is 0 Å². The molecule has 4 rings (SSSR count). The van der Waals surface area contributed by atoms with E-state index >= 15 is 0 Å². The van der Waals surface area contributed by atoms with Gasteiger partial charge >= 0.3 is 5.69 Å². The average Bonchev–Trinajstić information content (AvgIpc) is 2.80. The van der Waals surface area contributed by atoms with Crippen LogP contribution in [-0.2, 0) is 7.05 Å². The van der Waals surface area contributed by atoms with E-state index in [1.165, 1.54) is 0 Å². The highest BCUT2D eigenvalue weighted by Crippen LogP contribution is 2.32. The van der Waals surface area contributed by atoms with Crippen molar-refractivity contribution in [2.24, 2.45) is 7.05 Å². The smallest absolute Gasteiger partial charge is 0.329 e. The van der Waals surface area contributed by atoms with E-state index in [9.17, 15) is 9.90 Å². The Labute approximate surface area is 137 Å². The molecule has 0 radical (unpaired) electrons. The number of aryl methyl sites for hydroxylation is 1. The van der Waals surface area contributed by atoms with Gasteiger partial charge in [-0.15, -0.1) is 0 Å². The van der Waals surface area contributed by atoms with Gasteiger partial charge in [0.25, 0.3) is 0 Å². The average molecular weight is 333 g/mol. The van der Waals surface area contributed by atoms with Gasteiger partial charge in [0.15, 0.2) is 0 Å². The van der Waals surface area contributed by atoms with Crippen molar-refractivity contribution >= 4 is 33.7 Å². The summed E-state index contributed by atoms with van der Waals surface area (Å²) < 4.78 is 3.42. The lowest BCUT2D eigenvalue weighted by atomic mass is 9.93. The fraction of sp³-hybridized carbons (Fsp3) is 0.438. The van der Waals surface area contributed by atoms with Crippen LogP contribution in [0.1, 0.15) is 31.7 Å². The van der Waals surface area contributed by atoms with Crippen LogP contribution in [-0.4, -0.2) is 30.3 Å². The summed E-state index contributed by atoms with van der Waals surface area (Å²) in [5.74, 6) is 0. The van der Waals surface area contributed by atoms with Crippen molar-refractivity contribution in [1.82, 2.24) is 19.1 Å². The summed E-state index contributed by atoms with van der Waals surface area (Å²) in [6, 6.07) is 3.59. The summed E-state index contributed by atoms with van der Waals surface area (Å²) in [6.07, 6.45) is 4.44. The Hall–Kier alpha value is -1.92. The van der Waals surface area contributed by atoms with Crippen molar-refractivity contribution in [3.8, 4) is 0 Å². The summed E-state index contributed by atoms with van der Waals surface area (Å²) in [5, 5.41) is 10.1. The van der Waals surface area contributed by atoms with Crippen LogP contribution in [0.15, 0.2) is 23.1 Å². The van der Waals surface area contributed by atoms with Crippen LogP contribution < -0.4 is 5.69 Å². The Morgan fingerprint density at radius 1 is 1.26 bits per heavy atom. The molecule has 0 aliphatic heterocycles. The monoisotopic (exact) mass is 332 g/mol. The van der Waals surface area contributed by atoms with Gasteiger partial charge in [-0.3, -0.25) is 14.1 Å². The third kappa shape index (κ3) is 2.24. The molecule has 1 fully saturated rings. The first kappa shape index (κ1) is 14.7. The van der Waals surface area contributed by atoms with Crippen molar-refractivity contribution in [3.63, 3.8) is 0 Å². The van der Waals surface area contributed by atoms with Crippen molar-refractivity contribution in [1.29, 1.82) is 0 Å². The predicted octanol–water partition coefficient (Wildman–Crippen LogP) is 2.41. The number of rotatable bonds is 1. The van der Waals surface area contributed by atoms with Gasteiger partial charge in [-0.2, -0.15) is 0 Å². The second kappa shape index (κ2) is 5.32. The minimum Gasteiger partial charge on any atom is -0.393 e. The minimum atomic E-state index is -0.261. The lowest BCUT2D eigenvalue weighted by molar-refractivity contribution is 0.111. The Balaban J connectivity index is 2.04. The van der Waals surface area contributed by atoms with Crippen LogP contribution in [0, 0.1) is 0 Å². The third-order valence-corrected chi connectivity index (χ3v) is 4.97. The number of aliphatic hydroxyl groups excluding tert-OH is 1. The molecule has 7 heteroatoms. The van der Waals surface area contributed by atoms with Gasteiger partial charge < -0.3 is 5.11 Å². The highest BCUT2D eigenvalue weighted by Gasteiger charge is 2.26. The SMILES string of the molecule is Cn1c(=O)n([C@H]2CC[C@H](O)CC2)c2c3nc(Cl)ccc3ncc21. The molecule has 0 unspecified atom stereocenters. The molecule has 3 heterocycles. The molecule has 0 amide bonds. The number of halogens is 1. The normalized spacial score (nSPS) is 22.0. The van der Waals surface area contributed by atoms with E-state index in [4.69, 9.17) is 11.6 Å². The van der Waals surface area contributed by atoms with E-state index in [1.807, 2.05) is 10.6 Å². The van der Waals surface area contributed by atoms with Gasteiger partial charge in [0.2, 0.25) is 0 Å². The standard InChI is InChI=1S/C16H17ClN4O2/c1-20-12-8-18-11-6-7-13(17)19-14(11)15(12)21(16(20)23)9-2-4-10(22)5-3-9/h6-10,22H,2-5H2,1H3/t9-,10-. The van der Waals surface area contributed by atoms with E-state index < -0.39 is 0 Å². The molecule has 1 aliphatic rings. The molecule has 3 aromatic heterocycles. The summed E-state index contributed by atoms with van der Waals surface area (Å²) in [7, 11) is 1.75. The quantitative estimate of drug-likeness (QED) is 0.694. The number of pyridine rings is 2. The number of nitrogens with zero attached hydrogens (tertiary/aromatic N) is 4. The van der Waals surface area contributed by atoms with Gasteiger partial charge in [-0.1, -0.05) is 11.6 Å². The van der Waals surface area contributed by atoms with Crippen LogP contribution in [0.2, 0.25) is 5.15 Å². The Bertz CT molecular complexity index is 954. The molecular weight excluding hydrogens is 316 g/mol. The third-order valence-electron chi connectivity index (χ3n) is 4.76. The molecule has 0 atom stereocenters. The van der Waals surface area contributed by atoms with E-state index in [0.717, 1.165) is 29.4 Å². The van der Waals surface area contributed by atoms with E-state index in [0.29, 0.717) is 23.5 Å². The second-order valence-electron chi connectivity index (χ2n) is 6.17. The van der Waals surface area contributed by atoms with Gasteiger partial charge in [0.05, 0.1) is 28.9 Å². The minimum absolute atomic E-state index is 0.0704. The lowest BCUT2D eigenvalue weighted by Crippen LogP contribution is -2.29. The van der Waals surface area contributed by atoms with Crippen LogP contribution >= 0.6 is 11.6 Å². The van der Waals surface area contributed by atoms with Gasteiger partial charge in [-0.25, -0.2) is 9.78 Å².